The molecule has 3 aromatic rings. The number of piperidine rings is 1. The highest BCUT2D eigenvalue weighted by Crippen LogP contribution is 2.32. The normalized spacial score (nSPS) is 19.8. The van der Waals surface area contributed by atoms with Crippen LogP contribution in [-0.2, 0) is 0 Å². The van der Waals surface area contributed by atoms with Gasteiger partial charge < -0.3 is 26.1 Å². The van der Waals surface area contributed by atoms with Crippen LogP contribution in [0, 0.1) is 5.92 Å². The van der Waals surface area contributed by atoms with Gasteiger partial charge in [-0.05, 0) is 18.4 Å². The largest absolute Gasteiger partial charge is 0.438 e. The zero-order valence-electron chi connectivity index (χ0n) is 15.4. The second-order valence-corrected chi connectivity index (χ2v) is 7.63. The summed E-state index contributed by atoms with van der Waals surface area (Å²) in [4.78, 5) is 23.5. The molecule has 0 radical (unpaired) electrons. The van der Waals surface area contributed by atoms with Crippen LogP contribution >= 0.6 is 11.6 Å². The summed E-state index contributed by atoms with van der Waals surface area (Å²) in [5.41, 5.74) is 14.4. The van der Waals surface area contributed by atoms with Crippen molar-refractivity contribution in [2.45, 2.75) is 19.4 Å². The Hall–Kier alpha value is -2.84. The van der Waals surface area contributed by atoms with Crippen LogP contribution in [0.1, 0.15) is 23.7 Å². The minimum atomic E-state index is -0.422. The van der Waals surface area contributed by atoms with Crippen molar-refractivity contribution in [3.8, 4) is 0 Å². The van der Waals surface area contributed by atoms with Gasteiger partial charge in [0.05, 0.1) is 22.6 Å². The number of nitrogen functional groups attached to an aromatic ring is 1. The second kappa shape index (κ2) is 7.29. The molecule has 9 heteroatoms. The van der Waals surface area contributed by atoms with Gasteiger partial charge in [-0.25, -0.2) is 0 Å². The summed E-state index contributed by atoms with van der Waals surface area (Å²) in [5, 5.41) is 3.29. The van der Waals surface area contributed by atoms with Crippen LogP contribution in [0.2, 0.25) is 5.02 Å². The van der Waals surface area contributed by atoms with E-state index in [1.807, 2.05) is 6.07 Å². The van der Waals surface area contributed by atoms with Gasteiger partial charge >= 0.3 is 0 Å². The summed E-state index contributed by atoms with van der Waals surface area (Å²) in [6.07, 6.45) is 5.73. The zero-order valence-corrected chi connectivity index (χ0v) is 16.1. The van der Waals surface area contributed by atoms with E-state index >= 15 is 0 Å². The SMILES string of the molecule is C[C@@H]1C[C@H](N)CN(c2ccncc2NC(=O)c2c(N)oc3cc(Cl)cnc23)C1. The fourth-order valence-corrected chi connectivity index (χ4v) is 3.88. The predicted octanol–water partition coefficient (Wildman–Crippen LogP) is 2.88. The van der Waals surface area contributed by atoms with Crippen LogP contribution in [0.25, 0.3) is 11.1 Å². The number of nitrogens with zero attached hydrogens (tertiary/aromatic N) is 3. The third-order valence-electron chi connectivity index (χ3n) is 4.83. The molecule has 28 heavy (non-hydrogen) atoms. The van der Waals surface area contributed by atoms with Gasteiger partial charge in [0, 0.05) is 37.6 Å². The maximum Gasteiger partial charge on any atom is 0.263 e. The lowest BCUT2D eigenvalue weighted by Gasteiger charge is -2.37. The maximum atomic E-state index is 13.0. The molecule has 5 N–H and O–H groups in total. The standard InChI is InChI=1S/C19H21ClN6O2/c1-10-4-12(21)9-26(8-10)14-2-3-23-7-13(14)25-19(27)16-17-15(28-18(16)22)5-11(20)6-24-17/h2-3,5-7,10,12H,4,8-9,21-22H2,1H3,(H,25,27)/t10-,12+/m1/s1. The van der Waals surface area contributed by atoms with Crippen LogP contribution in [0.15, 0.2) is 35.1 Å². The van der Waals surface area contributed by atoms with Crippen molar-refractivity contribution in [2.24, 2.45) is 11.7 Å². The number of fused-ring (bicyclic) bond motifs is 1. The highest BCUT2D eigenvalue weighted by Gasteiger charge is 2.26. The van der Waals surface area contributed by atoms with E-state index in [1.54, 1.807) is 18.5 Å². The minimum absolute atomic E-state index is 0.0127. The molecular weight excluding hydrogens is 380 g/mol. The number of rotatable bonds is 3. The first-order valence-electron chi connectivity index (χ1n) is 9.01. The Kier molecular flexibility index (Phi) is 4.82. The minimum Gasteiger partial charge on any atom is -0.438 e. The molecule has 1 saturated heterocycles. The van der Waals surface area contributed by atoms with Crippen molar-refractivity contribution in [3.63, 3.8) is 0 Å². The monoisotopic (exact) mass is 400 g/mol. The van der Waals surface area contributed by atoms with Crippen LogP contribution in [-0.4, -0.2) is 35.0 Å². The topological polar surface area (TPSA) is 123 Å². The van der Waals surface area contributed by atoms with E-state index in [0.29, 0.717) is 34.3 Å². The van der Waals surface area contributed by atoms with E-state index in [2.05, 4.69) is 27.1 Å². The number of halogens is 1. The average molecular weight is 401 g/mol. The van der Waals surface area contributed by atoms with E-state index < -0.39 is 5.91 Å². The molecule has 1 fully saturated rings. The summed E-state index contributed by atoms with van der Waals surface area (Å²) in [6.45, 7) is 3.74. The van der Waals surface area contributed by atoms with Crippen molar-refractivity contribution >= 4 is 45.9 Å². The molecule has 0 bridgehead atoms. The molecule has 3 aromatic heterocycles. The Balaban J connectivity index is 1.65. The Morgan fingerprint density at radius 3 is 3.00 bits per heavy atom. The summed E-state index contributed by atoms with van der Waals surface area (Å²) < 4.78 is 5.44. The van der Waals surface area contributed by atoms with Gasteiger partial charge in [0.2, 0.25) is 5.88 Å². The van der Waals surface area contributed by atoms with Gasteiger partial charge in [-0.2, -0.15) is 0 Å². The number of carbonyl (C=O) groups is 1. The quantitative estimate of drug-likeness (QED) is 0.617. The predicted molar refractivity (Wildman–Crippen MR) is 110 cm³/mol. The average Bonchev–Trinajstić information content (AvgIpc) is 2.96. The number of nitrogens with one attached hydrogen (secondary N) is 1. The van der Waals surface area contributed by atoms with Gasteiger partial charge in [-0.1, -0.05) is 18.5 Å². The lowest BCUT2D eigenvalue weighted by Crippen LogP contribution is -2.46. The molecule has 1 aliphatic rings. The Morgan fingerprint density at radius 2 is 2.21 bits per heavy atom. The molecule has 0 spiro atoms. The molecule has 1 aliphatic heterocycles. The van der Waals surface area contributed by atoms with E-state index in [0.717, 1.165) is 18.7 Å². The van der Waals surface area contributed by atoms with Gasteiger partial charge in [0.25, 0.3) is 5.91 Å². The van der Waals surface area contributed by atoms with E-state index in [1.165, 1.54) is 6.20 Å². The van der Waals surface area contributed by atoms with Crippen molar-refractivity contribution in [1.29, 1.82) is 0 Å². The molecule has 0 saturated carbocycles. The molecule has 0 aromatic carbocycles. The Morgan fingerprint density at radius 1 is 1.39 bits per heavy atom. The van der Waals surface area contributed by atoms with E-state index in [4.69, 9.17) is 27.5 Å². The number of hydrogen-bond donors (Lipinski definition) is 3. The summed E-state index contributed by atoms with van der Waals surface area (Å²) in [7, 11) is 0. The molecule has 4 heterocycles. The van der Waals surface area contributed by atoms with Gasteiger partial charge in [0.1, 0.15) is 11.1 Å². The summed E-state index contributed by atoms with van der Waals surface area (Å²) in [6, 6.07) is 3.53. The molecule has 1 amide bonds. The third-order valence-corrected chi connectivity index (χ3v) is 5.04. The number of carbonyl (C=O) groups excluding carboxylic acids is 1. The molecule has 146 valence electrons. The van der Waals surface area contributed by atoms with Crippen LogP contribution in [0.5, 0.6) is 0 Å². The lowest BCUT2D eigenvalue weighted by atomic mass is 9.96. The fourth-order valence-electron chi connectivity index (χ4n) is 3.73. The zero-order chi connectivity index (χ0) is 19.8. The fraction of sp³-hybridized carbons (Fsp3) is 0.316. The first kappa shape index (κ1) is 18.5. The number of pyridine rings is 2. The van der Waals surface area contributed by atoms with Gasteiger partial charge in [-0.15, -0.1) is 0 Å². The van der Waals surface area contributed by atoms with E-state index in [9.17, 15) is 4.79 Å². The smallest absolute Gasteiger partial charge is 0.263 e. The molecular formula is C19H21ClN6O2. The first-order chi connectivity index (χ1) is 13.4. The number of furan rings is 1. The van der Waals surface area contributed by atoms with E-state index in [-0.39, 0.29) is 17.5 Å². The van der Waals surface area contributed by atoms with Crippen molar-refractivity contribution in [3.05, 3.63) is 41.3 Å². The molecule has 8 nitrogen and oxygen atoms in total. The Labute approximate surface area is 166 Å². The van der Waals surface area contributed by atoms with Crippen molar-refractivity contribution in [1.82, 2.24) is 9.97 Å². The van der Waals surface area contributed by atoms with Gasteiger partial charge in [-0.3, -0.25) is 14.8 Å². The summed E-state index contributed by atoms with van der Waals surface area (Å²) in [5.74, 6) is 0.0267. The highest BCUT2D eigenvalue weighted by molar-refractivity contribution is 6.31. The molecule has 0 unspecified atom stereocenters. The van der Waals surface area contributed by atoms with Crippen LogP contribution < -0.4 is 21.7 Å². The third kappa shape index (κ3) is 3.48. The number of hydrogen-bond acceptors (Lipinski definition) is 7. The Bertz CT molecular complexity index is 1030. The number of aromatic nitrogens is 2. The highest BCUT2D eigenvalue weighted by atomic mass is 35.5. The van der Waals surface area contributed by atoms with Crippen molar-refractivity contribution < 1.29 is 9.21 Å². The second-order valence-electron chi connectivity index (χ2n) is 7.19. The summed E-state index contributed by atoms with van der Waals surface area (Å²) >= 11 is 5.93. The molecule has 2 atom stereocenters. The first-order valence-corrected chi connectivity index (χ1v) is 9.39. The van der Waals surface area contributed by atoms with Crippen LogP contribution in [0.3, 0.4) is 0 Å². The number of anilines is 3. The number of nitrogens with two attached hydrogens (primary N) is 2. The lowest BCUT2D eigenvalue weighted by molar-refractivity contribution is 0.102. The molecule has 4 rings (SSSR count). The van der Waals surface area contributed by atoms with Crippen molar-refractivity contribution in [2.75, 3.05) is 29.0 Å². The maximum absolute atomic E-state index is 13.0. The molecule has 0 aliphatic carbocycles. The number of amides is 1. The van der Waals surface area contributed by atoms with Gasteiger partial charge in [0.15, 0.2) is 5.58 Å². The van der Waals surface area contributed by atoms with Crippen LogP contribution in [0.4, 0.5) is 17.3 Å².